The molecule has 0 spiro atoms. The molecule has 2 aromatic rings. The predicted molar refractivity (Wildman–Crippen MR) is 136 cm³/mol. The van der Waals surface area contributed by atoms with E-state index < -0.39 is 6.10 Å². The number of rotatable bonds is 12. The zero-order chi connectivity index (χ0) is 25.4. The van der Waals surface area contributed by atoms with Crippen molar-refractivity contribution < 1.29 is 23.8 Å². The van der Waals surface area contributed by atoms with E-state index in [9.17, 15) is 14.3 Å². The predicted octanol–water partition coefficient (Wildman–Crippen LogP) is 5.43. The highest BCUT2D eigenvalue weighted by Crippen LogP contribution is 2.29. The third-order valence-electron chi connectivity index (χ3n) is 6.67. The summed E-state index contributed by atoms with van der Waals surface area (Å²) < 4.78 is 25.0. The molecule has 0 amide bonds. The molecule has 7 heteroatoms. The molecule has 0 aliphatic carbocycles. The summed E-state index contributed by atoms with van der Waals surface area (Å²) in [5.74, 6) is -0.423. The molecule has 1 N–H and O–H groups in total. The van der Waals surface area contributed by atoms with E-state index in [-0.39, 0.29) is 37.0 Å². The lowest BCUT2D eigenvalue weighted by atomic mass is 9.99. The molecule has 2 aromatic carbocycles. The van der Waals surface area contributed by atoms with Gasteiger partial charge in [0.1, 0.15) is 5.82 Å². The maximum Gasteiger partial charge on any atom is 0.306 e. The highest BCUT2D eigenvalue weighted by Gasteiger charge is 2.27. The van der Waals surface area contributed by atoms with Crippen molar-refractivity contribution in [1.82, 2.24) is 4.90 Å². The van der Waals surface area contributed by atoms with Gasteiger partial charge in [0.25, 0.3) is 0 Å². The zero-order valence-corrected chi connectivity index (χ0v) is 21.7. The van der Waals surface area contributed by atoms with Crippen LogP contribution in [0.5, 0.6) is 0 Å². The molecule has 35 heavy (non-hydrogen) atoms. The number of aliphatic hydroxyl groups is 1. The third kappa shape index (κ3) is 8.01. The van der Waals surface area contributed by atoms with E-state index in [1.165, 1.54) is 0 Å². The number of benzene rings is 2. The van der Waals surface area contributed by atoms with Crippen LogP contribution in [-0.4, -0.2) is 54.4 Å². The van der Waals surface area contributed by atoms with Crippen LogP contribution in [0, 0.1) is 12.7 Å². The Kier molecular flexibility index (Phi) is 10.5. The first-order valence-corrected chi connectivity index (χ1v) is 12.9. The molecule has 0 unspecified atom stereocenters. The van der Waals surface area contributed by atoms with Crippen LogP contribution in [-0.2, 0) is 27.1 Å². The minimum atomic E-state index is -0.644. The second kappa shape index (κ2) is 13.4. The van der Waals surface area contributed by atoms with E-state index in [4.69, 9.17) is 21.1 Å². The number of hydrogen-bond donors (Lipinski definition) is 1. The Morgan fingerprint density at radius 2 is 2.11 bits per heavy atom. The molecule has 3 rings (SSSR count). The number of nitrogens with zero attached hydrogens (tertiary/aromatic N) is 1. The van der Waals surface area contributed by atoms with Crippen LogP contribution in [0.15, 0.2) is 36.4 Å². The van der Waals surface area contributed by atoms with Crippen LogP contribution >= 0.6 is 11.6 Å². The maximum absolute atomic E-state index is 14.0. The van der Waals surface area contributed by atoms with E-state index >= 15 is 0 Å². The Morgan fingerprint density at radius 3 is 2.86 bits per heavy atom. The van der Waals surface area contributed by atoms with E-state index in [0.717, 1.165) is 42.5 Å². The number of halogens is 2. The maximum atomic E-state index is 14.0. The van der Waals surface area contributed by atoms with Gasteiger partial charge in [-0.2, -0.15) is 0 Å². The van der Waals surface area contributed by atoms with Gasteiger partial charge in [-0.1, -0.05) is 35.9 Å². The van der Waals surface area contributed by atoms with Crippen LogP contribution < -0.4 is 0 Å². The number of esters is 1. The number of aryl methyl sites for hydroxylation is 1. The lowest BCUT2D eigenvalue weighted by Crippen LogP contribution is -2.39. The minimum absolute atomic E-state index is 0.169. The smallest absolute Gasteiger partial charge is 0.306 e. The van der Waals surface area contributed by atoms with Crippen LogP contribution in [0.4, 0.5) is 4.39 Å². The Balaban J connectivity index is 1.53. The Hall–Kier alpha value is -1.99. The van der Waals surface area contributed by atoms with Crippen molar-refractivity contribution in [2.45, 2.75) is 71.1 Å². The number of ether oxygens (including phenoxy) is 2. The van der Waals surface area contributed by atoms with Crippen molar-refractivity contribution in [2.24, 2.45) is 0 Å². The molecule has 0 radical (unpaired) electrons. The summed E-state index contributed by atoms with van der Waals surface area (Å²) in [6, 6.07) is 11.3. The van der Waals surface area contributed by atoms with Gasteiger partial charge in [0.05, 0.1) is 25.4 Å². The highest BCUT2D eigenvalue weighted by molar-refractivity contribution is 6.31. The fraction of sp³-hybridized carbons (Fsp3) is 0.536. The molecule has 1 aliphatic heterocycles. The van der Waals surface area contributed by atoms with Gasteiger partial charge in [-0.3, -0.25) is 9.69 Å². The molecule has 0 bridgehead atoms. The standard InChI is InChI=1S/C28H37ClFNO4/c1-4-34-28(33)13-12-25-24(8-5-9-26(25)29)20(3)35-18-23(32)17-31-14-6-7-22(31)15-21-11-10-19(2)27(30)16-21/h5,8-11,16,20,22-23,32H,4,6-7,12-15,17-18H2,1-3H3/t20-,22+,23-/m1/s1. The number of carbonyl (C=O) groups excluding carboxylic acids is 1. The van der Waals surface area contributed by atoms with Crippen LogP contribution in [0.25, 0.3) is 0 Å². The first kappa shape index (κ1) is 27.6. The Labute approximate surface area is 213 Å². The number of likely N-dealkylation sites (tertiary alicyclic amines) is 1. The van der Waals surface area contributed by atoms with Gasteiger partial charge in [-0.05, 0) is 87.4 Å². The molecule has 1 saturated heterocycles. The number of aliphatic hydroxyl groups excluding tert-OH is 1. The zero-order valence-electron chi connectivity index (χ0n) is 20.9. The van der Waals surface area contributed by atoms with Gasteiger partial charge in [0.15, 0.2) is 0 Å². The average molecular weight is 506 g/mol. The summed E-state index contributed by atoms with van der Waals surface area (Å²) in [5.41, 5.74) is 3.42. The molecular formula is C28H37ClFNO4. The molecule has 3 atom stereocenters. The van der Waals surface area contributed by atoms with E-state index in [0.29, 0.717) is 30.2 Å². The molecular weight excluding hydrogens is 469 g/mol. The van der Waals surface area contributed by atoms with Gasteiger partial charge in [-0.25, -0.2) is 4.39 Å². The number of hydrogen-bond acceptors (Lipinski definition) is 5. The molecule has 0 aromatic heterocycles. The van der Waals surface area contributed by atoms with Crippen molar-refractivity contribution in [1.29, 1.82) is 0 Å². The summed E-state index contributed by atoms with van der Waals surface area (Å²) in [5, 5.41) is 11.3. The first-order chi connectivity index (χ1) is 16.8. The lowest BCUT2D eigenvalue weighted by Gasteiger charge is -2.28. The summed E-state index contributed by atoms with van der Waals surface area (Å²) >= 11 is 6.42. The normalized spacial score (nSPS) is 17.9. The Bertz CT molecular complexity index is 985. The molecule has 1 heterocycles. The van der Waals surface area contributed by atoms with Crippen LogP contribution in [0.2, 0.25) is 5.02 Å². The number of β-amino-alcohol motifs (C(OH)–C–C–N with tert-alkyl or cyclic N) is 1. The number of carbonyl (C=O) groups is 1. The second-order valence-electron chi connectivity index (χ2n) is 9.32. The first-order valence-electron chi connectivity index (χ1n) is 12.5. The minimum Gasteiger partial charge on any atom is -0.466 e. The molecule has 5 nitrogen and oxygen atoms in total. The summed E-state index contributed by atoms with van der Waals surface area (Å²) in [7, 11) is 0. The largest absolute Gasteiger partial charge is 0.466 e. The SMILES string of the molecule is CCOC(=O)CCc1c(Cl)cccc1[C@@H](C)OC[C@H](O)CN1CCC[C@H]1Cc1ccc(C)c(F)c1. The van der Waals surface area contributed by atoms with Gasteiger partial charge in [-0.15, -0.1) is 0 Å². The van der Waals surface area contributed by atoms with Crippen LogP contribution in [0.3, 0.4) is 0 Å². The topological polar surface area (TPSA) is 59.0 Å². The average Bonchev–Trinajstić information content (AvgIpc) is 3.25. The summed E-state index contributed by atoms with van der Waals surface area (Å²) in [6.07, 6.45) is 2.66. The lowest BCUT2D eigenvalue weighted by molar-refractivity contribution is -0.143. The van der Waals surface area contributed by atoms with Crippen molar-refractivity contribution in [3.63, 3.8) is 0 Å². The van der Waals surface area contributed by atoms with Gasteiger partial charge >= 0.3 is 5.97 Å². The summed E-state index contributed by atoms with van der Waals surface area (Å²) in [4.78, 5) is 14.1. The van der Waals surface area contributed by atoms with Crippen molar-refractivity contribution in [3.8, 4) is 0 Å². The van der Waals surface area contributed by atoms with E-state index in [1.54, 1.807) is 26.0 Å². The van der Waals surface area contributed by atoms with E-state index in [2.05, 4.69) is 4.90 Å². The highest BCUT2D eigenvalue weighted by atomic mass is 35.5. The molecule has 1 fully saturated rings. The van der Waals surface area contributed by atoms with E-state index in [1.807, 2.05) is 31.2 Å². The third-order valence-corrected chi connectivity index (χ3v) is 7.02. The van der Waals surface area contributed by atoms with Crippen molar-refractivity contribution >= 4 is 17.6 Å². The van der Waals surface area contributed by atoms with Gasteiger partial charge in [0.2, 0.25) is 0 Å². The van der Waals surface area contributed by atoms with Crippen LogP contribution in [0.1, 0.15) is 61.5 Å². The van der Waals surface area contributed by atoms with Gasteiger partial charge < -0.3 is 14.6 Å². The quantitative estimate of drug-likeness (QED) is 0.390. The monoisotopic (exact) mass is 505 g/mol. The Morgan fingerprint density at radius 1 is 1.31 bits per heavy atom. The fourth-order valence-electron chi connectivity index (χ4n) is 4.75. The second-order valence-corrected chi connectivity index (χ2v) is 9.73. The molecule has 1 aliphatic rings. The summed E-state index contributed by atoms with van der Waals surface area (Å²) in [6.45, 7) is 7.45. The van der Waals surface area contributed by atoms with Crippen molar-refractivity contribution in [2.75, 3.05) is 26.3 Å². The molecule has 0 saturated carbocycles. The van der Waals surface area contributed by atoms with Crippen molar-refractivity contribution in [3.05, 3.63) is 69.5 Å². The fourth-order valence-corrected chi connectivity index (χ4v) is 5.03. The molecule has 192 valence electrons. The van der Waals surface area contributed by atoms with Gasteiger partial charge in [0, 0.05) is 24.0 Å².